The molecule has 0 aliphatic heterocycles. The Morgan fingerprint density at radius 1 is 1.40 bits per heavy atom. The molecule has 0 fully saturated rings. The second-order valence-electron chi connectivity index (χ2n) is 4.80. The zero-order valence-corrected chi connectivity index (χ0v) is 12.7. The molecule has 20 heavy (non-hydrogen) atoms. The molecule has 0 saturated carbocycles. The molecule has 0 aliphatic rings. The molecule has 0 aliphatic carbocycles. The highest BCUT2D eigenvalue weighted by Gasteiger charge is 2.18. The Labute approximate surface area is 120 Å². The maximum Gasteiger partial charge on any atom is 0.276 e. The average Bonchev–Trinajstić information content (AvgIpc) is 2.45. The van der Waals surface area contributed by atoms with Crippen molar-refractivity contribution in [2.24, 2.45) is 0 Å². The van der Waals surface area contributed by atoms with Crippen LogP contribution in [0.2, 0.25) is 0 Å². The first-order valence-corrected chi connectivity index (χ1v) is 7.20. The summed E-state index contributed by atoms with van der Waals surface area (Å²) in [5.74, 6) is 1.23. The third-order valence-corrected chi connectivity index (χ3v) is 3.32. The van der Waals surface area contributed by atoms with Gasteiger partial charge in [-0.1, -0.05) is 13.8 Å². The van der Waals surface area contributed by atoms with Crippen LogP contribution in [0.25, 0.3) is 0 Å². The van der Waals surface area contributed by atoms with Gasteiger partial charge in [-0.3, -0.25) is 10.1 Å². The average molecular weight is 280 g/mol. The number of hydrogen-bond acceptors (Lipinski definition) is 5. The molecule has 0 radical (unpaired) electrons. The molecule has 112 valence electrons. The molecule has 1 heterocycles. The number of anilines is 2. The topological polar surface area (TPSA) is 71.3 Å². The maximum absolute atomic E-state index is 11.1. The predicted molar refractivity (Wildman–Crippen MR) is 82.4 cm³/mol. The molecule has 1 atom stereocenters. The SMILES string of the molecule is CCCNc1cc([N+](=O)[O-])cc(N(CC)C(C)CC)n1. The van der Waals surface area contributed by atoms with Crippen molar-refractivity contribution in [3.8, 4) is 0 Å². The highest BCUT2D eigenvalue weighted by Crippen LogP contribution is 2.25. The molecule has 1 aromatic rings. The Morgan fingerprint density at radius 3 is 2.60 bits per heavy atom. The van der Waals surface area contributed by atoms with Crippen LogP contribution in [0, 0.1) is 10.1 Å². The molecular formula is C14H24N4O2. The minimum Gasteiger partial charge on any atom is -0.370 e. The van der Waals surface area contributed by atoms with E-state index < -0.39 is 0 Å². The van der Waals surface area contributed by atoms with E-state index in [9.17, 15) is 10.1 Å². The fraction of sp³-hybridized carbons (Fsp3) is 0.643. The summed E-state index contributed by atoms with van der Waals surface area (Å²) in [7, 11) is 0. The first-order chi connectivity index (χ1) is 9.53. The molecule has 0 spiro atoms. The molecule has 1 rings (SSSR count). The Kier molecular flexibility index (Phi) is 6.21. The lowest BCUT2D eigenvalue weighted by Crippen LogP contribution is -2.33. The normalized spacial score (nSPS) is 12.0. The van der Waals surface area contributed by atoms with Crippen LogP contribution in [0.15, 0.2) is 12.1 Å². The minimum atomic E-state index is -0.368. The van der Waals surface area contributed by atoms with Crippen molar-refractivity contribution >= 4 is 17.3 Å². The van der Waals surface area contributed by atoms with Crippen LogP contribution >= 0.6 is 0 Å². The number of aromatic nitrogens is 1. The number of nitrogens with zero attached hydrogens (tertiary/aromatic N) is 3. The molecule has 1 unspecified atom stereocenters. The summed E-state index contributed by atoms with van der Waals surface area (Å²) in [6.45, 7) is 9.80. The van der Waals surface area contributed by atoms with Gasteiger partial charge in [-0.15, -0.1) is 0 Å². The Hall–Kier alpha value is -1.85. The standard InChI is InChI=1S/C14H24N4O2/c1-5-8-15-13-9-12(18(19)20)10-14(16-13)17(7-3)11(4)6-2/h9-11H,5-8H2,1-4H3,(H,15,16). The summed E-state index contributed by atoms with van der Waals surface area (Å²) < 4.78 is 0. The van der Waals surface area contributed by atoms with E-state index in [0.29, 0.717) is 17.7 Å². The van der Waals surface area contributed by atoms with Gasteiger partial charge in [-0.05, 0) is 26.7 Å². The van der Waals surface area contributed by atoms with Crippen molar-refractivity contribution in [2.75, 3.05) is 23.3 Å². The Morgan fingerprint density at radius 2 is 2.10 bits per heavy atom. The second kappa shape index (κ2) is 7.67. The fourth-order valence-corrected chi connectivity index (χ4v) is 2.02. The molecular weight excluding hydrogens is 256 g/mol. The van der Waals surface area contributed by atoms with Crippen molar-refractivity contribution in [2.45, 2.75) is 46.6 Å². The largest absolute Gasteiger partial charge is 0.370 e. The Bertz CT molecular complexity index is 451. The molecule has 1 N–H and O–H groups in total. The summed E-state index contributed by atoms with van der Waals surface area (Å²) in [4.78, 5) is 17.3. The summed E-state index contributed by atoms with van der Waals surface area (Å²) in [5, 5.41) is 14.2. The second-order valence-corrected chi connectivity index (χ2v) is 4.80. The maximum atomic E-state index is 11.1. The van der Waals surface area contributed by atoms with Crippen molar-refractivity contribution in [1.82, 2.24) is 4.98 Å². The number of hydrogen-bond donors (Lipinski definition) is 1. The molecule has 0 amide bonds. The van der Waals surface area contributed by atoms with Crippen LogP contribution in [0.4, 0.5) is 17.3 Å². The van der Waals surface area contributed by atoms with E-state index in [4.69, 9.17) is 0 Å². The predicted octanol–water partition coefficient (Wildman–Crippen LogP) is 3.44. The lowest BCUT2D eigenvalue weighted by molar-refractivity contribution is -0.384. The van der Waals surface area contributed by atoms with Gasteiger partial charge in [0.2, 0.25) is 0 Å². The van der Waals surface area contributed by atoms with Crippen LogP contribution in [0.3, 0.4) is 0 Å². The lowest BCUT2D eigenvalue weighted by atomic mass is 10.2. The van der Waals surface area contributed by atoms with Gasteiger partial charge in [0.1, 0.15) is 11.6 Å². The van der Waals surface area contributed by atoms with Crippen LogP contribution in [0.5, 0.6) is 0 Å². The quantitative estimate of drug-likeness (QED) is 0.583. The highest BCUT2D eigenvalue weighted by molar-refractivity contribution is 5.56. The van der Waals surface area contributed by atoms with Crippen molar-refractivity contribution in [1.29, 1.82) is 0 Å². The van der Waals surface area contributed by atoms with Gasteiger partial charge in [0.15, 0.2) is 0 Å². The molecule has 6 nitrogen and oxygen atoms in total. The number of nitro groups is 1. The summed E-state index contributed by atoms with van der Waals surface area (Å²) in [5.41, 5.74) is 0.0790. The molecule has 0 bridgehead atoms. The molecule has 0 aromatic carbocycles. The fourth-order valence-electron chi connectivity index (χ4n) is 2.02. The summed E-state index contributed by atoms with van der Waals surface area (Å²) in [6.07, 6.45) is 1.92. The number of nitrogens with one attached hydrogen (secondary N) is 1. The van der Waals surface area contributed by atoms with Gasteiger partial charge in [0.05, 0.1) is 17.1 Å². The minimum absolute atomic E-state index is 0.0790. The highest BCUT2D eigenvalue weighted by atomic mass is 16.6. The zero-order valence-electron chi connectivity index (χ0n) is 12.7. The molecule has 0 saturated heterocycles. The van der Waals surface area contributed by atoms with Crippen molar-refractivity contribution in [3.63, 3.8) is 0 Å². The van der Waals surface area contributed by atoms with E-state index in [0.717, 1.165) is 25.9 Å². The van der Waals surface area contributed by atoms with E-state index in [2.05, 4.69) is 29.0 Å². The third kappa shape index (κ3) is 4.08. The van der Waals surface area contributed by atoms with Gasteiger partial charge in [0.25, 0.3) is 5.69 Å². The van der Waals surface area contributed by atoms with Crippen molar-refractivity contribution in [3.05, 3.63) is 22.2 Å². The van der Waals surface area contributed by atoms with E-state index in [-0.39, 0.29) is 10.6 Å². The van der Waals surface area contributed by atoms with Crippen LogP contribution < -0.4 is 10.2 Å². The van der Waals surface area contributed by atoms with Crippen molar-refractivity contribution < 1.29 is 4.92 Å². The summed E-state index contributed by atoms with van der Waals surface area (Å²) in [6, 6.07) is 3.34. The molecule has 1 aromatic heterocycles. The monoisotopic (exact) mass is 280 g/mol. The van der Waals surface area contributed by atoms with Gasteiger partial charge >= 0.3 is 0 Å². The first-order valence-electron chi connectivity index (χ1n) is 7.20. The van der Waals surface area contributed by atoms with E-state index in [1.807, 2.05) is 13.8 Å². The smallest absolute Gasteiger partial charge is 0.276 e. The van der Waals surface area contributed by atoms with Crippen LogP contribution in [-0.4, -0.2) is 29.0 Å². The van der Waals surface area contributed by atoms with E-state index in [1.54, 1.807) is 6.07 Å². The zero-order chi connectivity index (χ0) is 15.1. The first kappa shape index (κ1) is 16.2. The van der Waals surface area contributed by atoms with Gasteiger partial charge in [-0.25, -0.2) is 4.98 Å². The molecule has 6 heteroatoms. The van der Waals surface area contributed by atoms with Gasteiger partial charge in [-0.2, -0.15) is 0 Å². The van der Waals surface area contributed by atoms with Crippen LogP contribution in [0.1, 0.15) is 40.5 Å². The number of pyridine rings is 1. The lowest BCUT2D eigenvalue weighted by Gasteiger charge is -2.28. The Balaban J connectivity index is 3.15. The van der Waals surface area contributed by atoms with Crippen LogP contribution in [-0.2, 0) is 0 Å². The van der Waals surface area contributed by atoms with E-state index >= 15 is 0 Å². The third-order valence-electron chi connectivity index (χ3n) is 3.32. The van der Waals surface area contributed by atoms with Gasteiger partial charge < -0.3 is 10.2 Å². The summed E-state index contributed by atoms with van der Waals surface area (Å²) >= 11 is 0. The number of rotatable bonds is 8. The van der Waals surface area contributed by atoms with Gasteiger partial charge in [0, 0.05) is 19.1 Å². The van der Waals surface area contributed by atoms with E-state index in [1.165, 1.54) is 6.07 Å².